The first-order valence-electron chi connectivity index (χ1n) is 7.48. The van der Waals surface area contributed by atoms with E-state index < -0.39 is 12.0 Å². The Labute approximate surface area is 155 Å². The molecule has 1 N–H and O–H groups in total. The molecule has 1 aromatic carbocycles. The molecule has 0 radical (unpaired) electrons. The number of aromatic nitrogens is 3. The van der Waals surface area contributed by atoms with E-state index in [0.29, 0.717) is 22.0 Å². The van der Waals surface area contributed by atoms with Crippen LogP contribution in [-0.2, 0) is 9.53 Å². The Morgan fingerprint density at radius 2 is 2.04 bits per heavy atom. The topological polar surface area (TPSA) is 77.2 Å². The summed E-state index contributed by atoms with van der Waals surface area (Å²) in [6.45, 7) is 1.46. The number of rotatable bonds is 5. The van der Waals surface area contributed by atoms with E-state index in [9.17, 15) is 4.79 Å². The van der Waals surface area contributed by atoms with Gasteiger partial charge in [0.1, 0.15) is 24.0 Å². The van der Waals surface area contributed by atoms with Crippen LogP contribution in [0, 0.1) is 0 Å². The summed E-state index contributed by atoms with van der Waals surface area (Å²) < 4.78 is 6.78. The summed E-state index contributed by atoms with van der Waals surface area (Å²) in [4.78, 5) is 21.2. The number of benzene rings is 1. The number of nitrogens with zero attached hydrogens (tertiary/aromatic N) is 3. The van der Waals surface area contributed by atoms with E-state index in [0.717, 1.165) is 5.56 Å². The van der Waals surface area contributed by atoms with Gasteiger partial charge in [-0.2, -0.15) is 0 Å². The number of imidazole rings is 1. The van der Waals surface area contributed by atoms with E-state index in [-0.39, 0.29) is 25.6 Å². The van der Waals surface area contributed by atoms with Gasteiger partial charge in [0.15, 0.2) is 5.65 Å². The minimum Gasteiger partial charge on any atom is -0.462 e. The SMILES string of the molecule is C[C@H](C(=O)OCCO)n1c(-c2ccc(Cl)cc2)nc2cccnc21.Cl. The highest BCUT2D eigenvalue weighted by molar-refractivity contribution is 6.30. The number of fused-ring (bicyclic) bond motifs is 1. The summed E-state index contributed by atoms with van der Waals surface area (Å²) in [6.07, 6.45) is 1.65. The Hall–Kier alpha value is -2.15. The molecular weight excluding hydrogens is 365 g/mol. The van der Waals surface area contributed by atoms with Crippen LogP contribution in [-0.4, -0.2) is 38.8 Å². The maximum Gasteiger partial charge on any atom is 0.329 e. The molecule has 25 heavy (non-hydrogen) atoms. The minimum atomic E-state index is -0.637. The molecule has 0 spiro atoms. The summed E-state index contributed by atoms with van der Waals surface area (Å²) in [5, 5.41) is 9.46. The number of halogens is 2. The summed E-state index contributed by atoms with van der Waals surface area (Å²) in [5.41, 5.74) is 2.10. The van der Waals surface area contributed by atoms with Gasteiger partial charge in [-0.3, -0.25) is 4.57 Å². The van der Waals surface area contributed by atoms with Gasteiger partial charge in [0.2, 0.25) is 0 Å². The second kappa shape index (κ2) is 8.29. The monoisotopic (exact) mass is 381 g/mol. The van der Waals surface area contributed by atoms with Gasteiger partial charge in [0, 0.05) is 16.8 Å². The zero-order valence-electron chi connectivity index (χ0n) is 13.4. The second-order valence-corrected chi connectivity index (χ2v) is 5.66. The fraction of sp³-hybridized carbons (Fsp3) is 0.235. The zero-order valence-corrected chi connectivity index (χ0v) is 15.0. The summed E-state index contributed by atoms with van der Waals surface area (Å²) in [6, 6.07) is 10.2. The molecule has 3 rings (SSSR count). The van der Waals surface area contributed by atoms with Crippen LogP contribution in [0.5, 0.6) is 0 Å². The van der Waals surface area contributed by atoms with Crippen LogP contribution in [0.25, 0.3) is 22.6 Å². The normalized spacial score (nSPS) is 11.8. The number of aliphatic hydroxyl groups is 1. The van der Waals surface area contributed by atoms with Crippen molar-refractivity contribution in [2.75, 3.05) is 13.2 Å². The first-order chi connectivity index (χ1) is 11.6. The number of hydrogen-bond donors (Lipinski definition) is 1. The van der Waals surface area contributed by atoms with Crippen molar-refractivity contribution in [3.8, 4) is 11.4 Å². The molecule has 1 atom stereocenters. The van der Waals surface area contributed by atoms with Crippen LogP contribution in [0.15, 0.2) is 42.6 Å². The highest BCUT2D eigenvalue weighted by Gasteiger charge is 2.24. The maximum atomic E-state index is 12.3. The number of carbonyl (C=O) groups excluding carboxylic acids is 1. The largest absolute Gasteiger partial charge is 0.462 e. The van der Waals surface area contributed by atoms with Crippen LogP contribution in [0.2, 0.25) is 5.02 Å². The molecule has 0 unspecified atom stereocenters. The molecule has 0 aliphatic rings. The molecule has 0 aliphatic heterocycles. The third kappa shape index (κ3) is 3.92. The van der Waals surface area contributed by atoms with Crippen molar-refractivity contribution in [1.82, 2.24) is 14.5 Å². The van der Waals surface area contributed by atoms with Crippen molar-refractivity contribution in [2.45, 2.75) is 13.0 Å². The summed E-state index contributed by atoms with van der Waals surface area (Å²) in [5.74, 6) is 0.151. The quantitative estimate of drug-likeness (QED) is 0.686. The van der Waals surface area contributed by atoms with E-state index in [1.165, 1.54) is 0 Å². The Kier molecular flexibility index (Phi) is 6.36. The molecule has 0 bridgehead atoms. The number of aliphatic hydroxyl groups excluding tert-OH is 1. The highest BCUT2D eigenvalue weighted by atomic mass is 35.5. The Bertz CT molecular complexity index is 865. The van der Waals surface area contributed by atoms with E-state index >= 15 is 0 Å². The lowest BCUT2D eigenvalue weighted by Crippen LogP contribution is -2.21. The predicted molar refractivity (Wildman–Crippen MR) is 98.0 cm³/mol. The molecule has 0 aliphatic carbocycles. The van der Waals surface area contributed by atoms with Crippen molar-refractivity contribution in [3.05, 3.63) is 47.6 Å². The number of ether oxygens (including phenoxy) is 1. The van der Waals surface area contributed by atoms with E-state index in [1.807, 2.05) is 18.2 Å². The molecule has 0 amide bonds. The van der Waals surface area contributed by atoms with Crippen LogP contribution in [0.4, 0.5) is 0 Å². The summed E-state index contributed by atoms with van der Waals surface area (Å²) >= 11 is 5.95. The van der Waals surface area contributed by atoms with Crippen molar-refractivity contribution in [3.63, 3.8) is 0 Å². The van der Waals surface area contributed by atoms with Gasteiger partial charge in [-0.15, -0.1) is 12.4 Å². The van der Waals surface area contributed by atoms with Crippen molar-refractivity contribution >= 4 is 41.1 Å². The minimum absolute atomic E-state index is 0. The molecule has 132 valence electrons. The van der Waals surface area contributed by atoms with E-state index in [4.69, 9.17) is 21.4 Å². The number of hydrogen-bond acceptors (Lipinski definition) is 5. The van der Waals surface area contributed by atoms with Crippen molar-refractivity contribution in [1.29, 1.82) is 0 Å². The number of pyridine rings is 1. The molecule has 0 fully saturated rings. The molecule has 0 saturated heterocycles. The fourth-order valence-electron chi connectivity index (χ4n) is 2.47. The maximum absolute atomic E-state index is 12.3. The Morgan fingerprint density at radius 1 is 1.32 bits per heavy atom. The fourth-order valence-corrected chi connectivity index (χ4v) is 2.60. The number of carbonyl (C=O) groups is 1. The molecule has 0 saturated carbocycles. The molecule has 3 aromatic rings. The van der Waals surface area contributed by atoms with Gasteiger partial charge in [-0.05, 0) is 43.3 Å². The average molecular weight is 382 g/mol. The van der Waals surface area contributed by atoms with Gasteiger partial charge < -0.3 is 9.84 Å². The first kappa shape index (κ1) is 19.2. The standard InChI is InChI=1S/C17H16ClN3O3.ClH/c1-11(17(23)24-10-9-22)21-15(12-4-6-13(18)7-5-12)20-14-3-2-8-19-16(14)21;/h2-8,11,22H,9-10H2,1H3;1H/t11-;/m1./s1. The Balaban J connectivity index is 0.00000225. The predicted octanol–water partition coefficient (Wildman–Crippen LogP) is 3.27. The summed E-state index contributed by atoms with van der Waals surface area (Å²) in [7, 11) is 0. The lowest BCUT2D eigenvalue weighted by Gasteiger charge is -2.16. The van der Waals surface area contributed by atoms with E-state index in [2.05, 4.69) is 9.97 Å². The van der Waals surface area contributed by atoms with Gasteiger partial charge >= 0.3 is 5.97 Å². The van der Waals surface area contributed by atoms with Crippen LogP contribution >= 0.6 is 24.0 Å². The molecule has 6 nitrogen and oxygen atoms in total. The first-order valence-corrected chi connectivity index (χ1v) is 7.86. The Morgan fingerprint density at radius 3 is 2.72 bits per heavy atom. The van der Waals surface area contributed by atoms with Crippen molar-refractivity contribution in [2.24, 2.45) is 0 Å². The van der Waals surface area contributed by atoms with Crippen LogP contribution in [0.3, 0.4) is 0 Å². The van der Waals surface area contributed by atoms with Crippen LogP contribution < -0.4 is 0 Å². The molecular formula is C17H17Cl2N3O3. The zero-order chi connectivity index (χ0) is 17.1. The highest BCUT2D eigenvalue weighted by Crippen LogP contribution is 2.28. The number of esters is 1. The van der Waals surface area contributed by atoms with Gasteiger partial charge in [0.05, 0.1) is 6.61 Å². The third-order valence-corrected chi connectivity index (χ3v) is 3.87. The second-order valence-electron chi connectivity index (χ2n) is 5.23. The molecule has 8 heteroatoms. The average Bonchev–Trinajstić information content (AvgIpc) is 2.99. The molecule has 2 heterocycles. The van der Waals surface area contributed by atoms with Gasteiger partial charge in [0.25, 0.3) is 0 Å². The lowest BCUT2D eigenvalue weighted by atomic mass is 10.2. The molecule has 2 aromatic heterocycles. The van der Waals surface area contributed by atoms with Gasteiger partial charge in [-0.25, -0.2) is 14.8 Å². The smallest absolute Gasteiger partial charge is 0.329 e. The third-order valence-electron chi connectivity index (χ3n) is 3.62. The van der Waals surface area contributed by atoms with E-state index in [1.54, 1.807) is 35.9 Å². The van der Waals surface area contributed by atoms with Crippen molar-refractivity contribution < 1.29 is 14.6 Å². The van der Waals surface area contributed by atoms with Crippen LogP contribution in [0.1, 0.15) is 13.0 Å². The lowest BCUT2D eigenvalue weighted by molar-refractivity contribution is -0.147. The van der Waals surface area contributed by atoms with Gasteiger partial charge in [-0.1, -0.05) is 11.6 Å².